The SMILES string of the molecule is NOCO[C@H]1C[C@H](n2ccc(N)nc2=O)O[C@@H]1CO. The lowest BCUT2D eigenvalue weighted by Gasteiger charge is -2.15. The third kappa shape index (κ3) is 3.08. The van der Waals surface area contributed by atoms with Crippen LogP contribution >= 0.6 is 0 Å². The molecule has 1 aromatic heterocycles. The van der Waals surface area contributed by atoms with E-state index in [9.17, 15) is 9.90 Å². The molecule has 0 amide bonds. The lowest BCUT2D eigenvalue weighted by molar-refractivity contribution is -0.120. The lowest BCUT2D eigenvalue weighted by Crippen LogP contribution is -2.29. The summed E-state index contributed by atoms with van der Waals surface area (Å²) in [5.41, 5.74) is 4.90. The molecule has 0 saturated carbocycles. The molecule has 9 heteroatoms. The van der Waals surface area contributed by atoms with Crippen LogP contribution in [0.15, 0.2) is 17.1 Å². The number of aliphatic hydroxyl groups is 1. The Labute approximate surface area is 108 Å². The van der Waals surface area contributed by atoms with Crippen molar-refractivity contribution in [3.8, 4) is 0 Å². The van der Waals surface area contributed by atoms with Crippen molar-refractivity contribution in [1.29, 1.82) is 0 Å². The quantitative estimate of drug-likeness (QED) is 0.428. The van der Waals surface area contributed by atoms with Crippen LogP contribution < -0.4 is 17.3 Å². The van der Waals surface area contributed by atoms with Crippen molar-refractivity contribution in [3.05, 3.63) is 22.7 Å². The van der Waals surface area contributed by atoms with Gasteiger partial charge < -0.3 is 20.3 Å². The van der Waals surface area contributed by atoms with Gasteiger partial charge in [-0.25, -0.2) is 10.7 Å². The summed E-state index contributed by atoms with van der Waals surface area (Å²) in [6.45, 7) is -0.352. The highest BCUT2D eigenvalue weighted by Crippen LogP contribution is 2.29. The van der Waals surface area contributed by atoms with Gasteiger partial charge in [0.15, 0.2) is 6.79 Å². The van der Waals surface area contributed by atoms with E-state index in [0.29, 0.717) is 6.42 Å². The molecule has 1 saturated heterocycles. The zero-order chi connectivity index (χ0) is 13.8. The maximum absolute atomic E-state index is 11.7. The maximum atomic E-state index is 11.7. The van der Waals surface area contributed by atoms with E-state index in [1.807, 2.05) is 0 Å². The Hall–Kier alpha value is -1.52. The molecule has 2 rings (SSSR count). The molecule has 0 unspecified atom stereocenters. The predicted octanol–water partition coefficient (Wildman–Crippen LogP) is -1.66. The molecule has 1 aromatic rings. The van der Waals surface area contributed by atoms with Crippen molar-refractivity contribution in [2.24, 2.45) is 5.90 Å². The number of aliphatic hydroxyl groups excluding tert-OH is 1. The topological polar surface area (TPSA) is 135 Å². The number of nitrogen functional groups attached to an aromatic ring is 1. The molecule has 5 N–H and O–H groups in total. The van der Waals surface area contributed by atoms with Crippen LogP contribution in [-0.4, -0.2) is 40.3 Å². The summed E-state index contributed by atoms with van der Waals surface area (Å²) in [6.07, 6.45) is 0.333. The number of hydrogen-bond donors (Lipinski definition) is 3. The first-order valence-corrected chi connectivity index (χ1v) is 5.70. The van der Waals surface area contributed by atoms with Gasteiger partial charge in [0.1, 0.15) is 18.1 Å². The first-order valence-electron chi connectivity index (χ1n) is 5.70. The molecule has 2 heterocycles. The van der Waals surface area contributed by atoms with E-state index < -0.39 is 24.1 Å². The largest absolute Gasteiger partial charge is 0.394 e. The Morgan fingerprint density at radius 1 is 1.63 bits per heavy atom. The molecule has 0 aromatic carbocycles. The Balaban J connectivity index is 2.12. The number of ether oxygens (including phenoxy) is 2. The van der Waals surface area contributed by atoms with Crippen molar-refractivity contribution in [2.45, 2.75) is 24.9 Å². The van der Waals surface area contributed by atoms with E-state index in [1.165, 1.54) is 16.8 Å². The molecule has 1 aliphatic heterocycles. The van der Waals surface area contributed by atoms with E-state index in [1.54, 1.807) is 0 Å². The van der Waals surface area contributed by atoms with E-state index in [0.717, 1.165) is 0 Å². The minimum Gasteiger partial charge on any atom is -0.394 e. The summed E-state index contributed by atoms with van der Waals surface area (Å²) in [6, 6.07) is 1.50. The fourth-order valence-corrected chi connectivity index (χ4v) is 1.98. The molecule has 9 nitrogen and oxygen atoms in total. The fraction of sp³-hybridized carbons (Fsp3) is 0.600. The fourth-order valence-electron chi connectivity index (χ4n) is 1.98. The average Bonchev–Trinajstić information content (AvgIpc) is 2.79. The zero-order valence-corrected chi connectivity index (χ0v) is 10.1. The number of anilines is 1. The summed E-state index contributed by atoms with van der Waals surface area (Å²) < 4.78 is 12.1. The highest BCUT2D eigenvalue weighted by Gasteiger charge is 2.37. The van der Waals surface area contributed by atoms with Crippen molar-refractivity contribution < 1.29 is 19.4 Å². The van der Waals surface area contributed by atoms with Gasteiger partial charge in [0.05, 0.1) is 12.7 Å². The van der Waals surface area contributed by atoms with Crippen LogP contribution in [0.4, 0.5) is 5.82 Å². The number of rotatable bonds is 5. The highest BCUT2D eigenvalue weighted by atomic mass is 16.7. The monoisotopic (exact) mass is 272 g/mol. The summed E-state index contributed by atoms with van der Waals surface area (Å²) in [7, 11) is 0. The molecule has 0 bridgehead atoms. The van der Waals surface area contributed by atoms with Gasteiger partial charge in [-0.3, -0.25) is 9.40 Å². The third-order valence-corrected chi connectivity index (χ3v) is 2.87. The van der Waals surface area contributed by atoms with Gasteiger partial charge in [-0.1, -0.05) is 0 Å². The minimum atomic E-state index is -0.569. The van der Waals surface area contributed by atoms with Crippen LogP contribution in [0, 0.1) is 0 Å². The van der Waals surface area contributed by atoms with E-state index in [2.05, 4.69) is 9.82 Å². The summed E-state index contributed by atoms with van der Waals surface area (Å²) in [4.78, 5) is 19.6. The molecule has 1 aliphatic rings. The third-order valence-electron chi connectivity index (χ3n) is 2.87. The first kappa shape index (κ1) is 13.9. The van der Waals surface area contributed by atoms with E-state index in [4.69, 9.17) is 21.1 Å². The molecule has 0 radical (unpaired) electrons. The van der Waals surface area contributed by atoms with Crippen LogP contribution in [0.5, 0.6) is 0 Å². The van der Waals surface area contributed by atoms with E-state index >= 15 is 0 Å². The van der Waals surface area contributed by atoms with Crippen molar-refractivity contribution in [2.75, 3.05) is 19.1 Å². The molecule has 3 atom stereocenters. The number of nitrogens with two attached hydrogens (primary N) is 2. The van der Waals surface area contributed by atoms with Crippen LogP contribution in [0.3, 0.4) is 0 Å². The van der Waals surface area contributed by atoms with Gasteiger partial charge >= 0.3 is 5.69 Å². The van der Waals surface area contributed by atoms with Crippen molar-refractivity contribution in [1.82, 2.24) is 9.55 Å². The van der Waals surface area contributed by atoms with Gasteiger partial charge in [0.2, 0.25) is 0 Å². The van der Waals surface area contributed by atoms with Gasteiger partial charge in [-0.05, 0) is 6.07 Å². The zero-order valence-electron chi connectivity index (χ0n) is 10.1. The van der Waals surface area contributed by atoms with Gasteiger partial charge in [-0.15, -0.1) is 0 Å². The Morgan fingerprint density at radius 3 is 3.05 bits per heavy atom. The summed E-state index contributed by atoms with van der Waals surface area (Å²) >= 11 is 0. The number of nitrogens with zero attached hydrogens (tertiary/aromatic N) is 2. The summed E-state index contributed by atoms with van der Waals surface area (Å²) in [5, 5.41) is 9.21. The van der Waals surface area contributed by atoms with Crippen LogP contribution in [0.2, 0.25) is 0 Å². The molecule has 106 valence electrons. The van der Waals surface area contributed by atoms with Gasteiger partial charge in [0.25, 0.3) is 0 Å². The Morgan fingerprint density at radius 2 is 2.42 bits per heavy atom. The second-order valence-corrected chi connectivity index (χ2v) is 4.08. The predicted molar refractivity (Wildman–Crippen MR) is 63.5 cm³/mol. The molecular formula is C10H16N4O5. The Kier molecular flexibility index (Phi) is 4.45. The van der Waals surface area contributed by atoms with Crippen LogP contribution in [0.25, 0.3) is 0 Å². The molecule has 1 fully saturated rings. The molecule has 0 aliphatic carbocycles. The van der Waals surface area contributed by atoms with E-state index in [-0.39, 0.29) is 19.2 Å². The van der Waals surface area contributed by atoms with Crippen LogP contribution in [-0.2, 0) is 14.3 Å². The lowest BCUT2D eigenvalue weighted by atomic mass is 10.2. The normalized spacial score (nSPS) is 26.7. The van der Waals surface area contributed by atoms with Crippen LogP contribution in [0.1, 0.15) is 12.6 Å². The smallest absolute Gasteiger partial charge is 0.351 e. The van der Waals surface area contributed by atoms with Gasteiger partial charge in [0, 0.05) is 12.6 Å². The minimum absolute atomic E-state index is 0.119. The molecule has 0 spiro atoms. The molecular weight excluding hydrogens is 256 g/mol. The van der Waals surface area contributed by atoms with Crippen molar-refractivity contribution in [3.63, 3.8) is 0 Å². The number of hydrogen-bond acceptors (Lipinski definition) is 8. The Bertz CT molecular complexity index is 479. The standard InChI is InChI=1S/C10H16N4O5/c11-8-1-2-14(10(16)13-8)9-3-6(17-5-18-12)7(4-15)19-9/h1-2,6-7,9,15H,3-5,12H2,(H2,11,13,16)/t6-,7+,9+/m0/s1. The van der Waals surface area contributed by atoms with Gasteiger partial charge in [-0.2, -0.15) is 4.98 Å². The second kappa shape index (κ2) is 6.08. The first-order chi connectivity index (χ1) is 9.15. The molecule has 19 heavy (non-hydrogen) atoms. The highest BCUT2D eigenvalue weighted by molar-refractivity contribution is 5.23. The average molecular weight is 272 g/mol. The van der Waals surface area contributed by atoms with Crippen molar-refractivity contribution >= 4 is 5.82 Å². The summed E-state index contributed by atoms with van der Waals surface area (Å²) in [5.74, 6) is 5.01. The second-order valence-electron chi connectivity index (χ2n) is 4.08. The maximum Gasteiger partial charge on any atom is 0.351 e. The number of aromatic nitrogens is 2.